The molecule has 2 aromatic carbocycles. The number of aryl methyl sites for hydroxylation is 1. The molecule has 9 heteroatoms. The molecule has 27 heavy (non-hydrogen) atoms. The summed E-state index contributed by atoms with van der Waals surface area (Å²) in [5, 5.41) is 11.3. The third-order valence-corrected chi connectivity index (χ3v) is 4.20. The van der Waals surface area contributed by atoms with E-state index >= 15 is 0 Å². The SMILES string of the molecule is CNc1cc(-n2cc(C(=O)O)c(=O)c3cc(F)c(F)c(C)c32)c(F)cc1F. The predicted molar refractivity (Wildman–Crippen MR) is 90.6 cm³/mol. The first-order valence-electron chi connectivity index (χ1n) is 7.61. The largest absolute Gasteiger partial charge is 0.477 e. The summed E-state index contributed by atoms with van der Waals surface area (Å²) >= 11 is 0. The zero-order chi connectivity index (χ0) is 20.0. The Morgan fingerprint density at radius 1 is 1.07 bits per heavy atom. The van der Waals surface area contributed by atoms with Crippen LogP contribution in [-0.2, 0) is 0 Å². The first-order valence-corrected chi connectivity index (χ1v) is 7.61. The number of rotatable bonds is 3. The van der Waals surface area contributed by atoms with Gasteiger partial charge in [0.25, 0.3) is 0 Å². The smallest absolute Gasteiger partial charge is 0.341 e. The molecule has 1 heterocycles. The zero-order valence-electron chi connectivity index (χ0n) is 14.0. The van der Waals surface area contributed by atoms with Gasteiger partial charge in [-0.2, -0.15) is 0 Å². The fourth-order valence-electron chi connectivity index (χ4n) is 2.88. The Hall–Kier alpha value is -3.36. The molecule has 0 bridgehead atoms. The number of carboxylic acids is 1. The van der Waals surface area contributed by atoms with Gasteiger partial charge in [-0.3, -0.25) is 4.79 Å². The number of carboxylic acid groups (broad SMARTS) is 1. The highest BCUT2D eigenvalue weighted by Crippen LogP contribution is 2.28. The van der Waals surface area contributed by atoms with Crippen LogP contribution in [0.5, 0.6) is 0 Å². The van der Waals surface area contributed by atoms with Gasteiger partial charge in [-0.05, 0) is 19.1 Å². The lowest BCUT2D eigenvalue weighted by Crippen LogP contribution is -2.20. The standard InChI is InChI=1S/C18H12F4N2O3/c1-7-15(22)12(21)3-8-16(7)24(6-9(17(8)25)18(26)27)14-5-13(23-2)10(19)4-11(14)20/h3-6,23H,1-2H3,(H,26,27). The second kappa shape index (κ2) is 6.42. The van der Waals surface area contributed by atoms with Crippen LogP contribution in [0.2, 0.25) is 0 Å². The number of fused-ring (bicyclic) bond motifs is 1. The van der Waals surface area contributed by atoms with Crippen molar-refractivity contribution >= 4 is 22.6 Å². The fourth-order valence-corrected chi connectivity index (χ4v) is 2.88. The molecule has 0 amide bonds. The minimum atomic E-state index is -1.63. The van der Waals surface area contributed by atoms with E-state index in [1.807, 2.05) is 0 Å². The van der Waals surface area contributed by atoms with Gasteiger partial charge in [0.15, 0.2) is 11.6 Å². The van der Waals surface area contributed by atoms with E-state index in [1.54, 1.807) is 0 Å². The molecule has 3 rings (SSSR count). The van der Waals surface area contributed by atoms with Gasteiger partial charge in [0.05, 0.1) is 22.3 Å². The van der Waals surface area contributed by atoms with Crippen molar-refractivity contribution in [3.8, 4) is 5.69 Å². The summed E-state index contributed by atoms with van der Waals surface area (Å²) in [5.74, 6) is -6.24. The van der Waals surface area contributed by atoms with Crippen LogP contribution in [0.25, 0.3) is 16.6 Å². The molecule has 0 spiro atoms. The summed E-state index contributed by atoms with van der Waals surface area (Å²) < 4.78 is 57.0. The number of aromatic nitrogens is 1. The number of anilines is 1. The number of pyridine rings is 1. The molecule has 2 N–H and O–H groups in total. The lowest BCUT2D eigenvalue weighted by Gasteiger charge is -2.17. The number of aromatic carboxylic acids is 1. The quantitative estimate of drug-likeness (QED) is 0.682. The highest BCUT2D eigenvalue weighted by Gasteiger charge is 2.22. The van der Waals surface area contributed by atoms with E-state index in [0.29, 0.717) is 12.1 Å². The van der Waals surface area contributed by atoms with Gasteiger partial charge in [0.2, 0.25) is 5.43 Å². The average molecular weight is 380 g/mol. The molecule has 0 aliphatic carbocycles. The zero-order valence-corrected chi connectivity index (χ0v) is 14.0. The Balaban J connectivity index is 2.57. The number of hydrogen-bond acceptors (Lipinski definition) is 3. The monoisotopic (exact) mass is 380 g/mol. The van der Waals surface area contributed by atoms with Crippen molar-refractivity contribution in [3.05, 3.63) is 69.0 Å². The first-order chi connectivity index (χ1) is 12.7. The Morgan fingerprint density at radius 2 is 1.74 bits per heavy atom. The molecular weight excluding hydrogens is 368 g/mol. The van der Waals surface area contributed by atoms with E-state index in [0.717, 1.165) is 23.8 Å². The van der Waals surface area contributed by atoms with Crippen molar-refractivity contribution in [3.63, 3.8) is 0 Å². The summed E-state index contributed by atoms with van der Waals surface area (Å²) in [6, 6.07) is 2.14. The lowest BCUT2D eigenvalue weighted by atomic mass is 10.1. The highest BCUT2D eigenvalue weighted by molar-refractivity contribution is 5.94. The van der Waals surface area contributed by atoms with E-state index in [-0.39, 0.29) is 22.5 Å². The molecule has 0 saturated heterocycles. The lowest BCUT2D eigenvalue weighted by molar-refractivity contribution is 0.0695. The van der Waals surface area contributed by atoms with Crippen molar-refractivity contribution in [1.82, 2.24) is 4.57 Å². The van der Waals surface area contributed by atoms with Crippen LogP contribution in [0.3, 0.4) is 0 Å². The van der Waals surface area contributed by atoms with Gasteiger partial charge >= 0.3 is 5.97 Å². The van der Waals surface area contributed by atoms with E-state index < -0.39 is 45.6 Å². The van der Waals surface area contributed by atoms with Gasteiger partial charge in [-0.1, -0.05) is 0 Å². The van der Waals surface area contributed by atoms with Gasteiger partial charge in [-0.15, -0.1) is 0 Å². The number of nitrogens with one attached hydrogen (secondary N) is 1. The van der Waals surface area contributed by atoms with Crippen LogP contribution >= 0.6 is 0 Å². The summed E-state index contributed by atoms with van der Waals surface area (Å²) in [6.45, 7) is 1.16. The second-order valence-electron chi connectivity index (χ2n) is 5.77. The van der Waals surface area contributed by atoms with Crippen molar-refractivity contribution in [2.45, 2.75) is 6.92 Å². The van der Waals surface area contributed by atoms with Crippen LogP contribution in [0.4, 0.5) is 23.2 Å². The number of hydrogen-bond donors (Lipinski definition) is 2. The van der Waals surface area contributed by atoms with Crippen LogP contribution in [0.1, 0.15) is 15.9 Å². The summed E-state index contributed by atoms with van der Waals surface area (Å²) in [6.07, 6.45) is 0.799. The molecule has 0 aliphatic heterocycles. The van der Waals surface area contributed by atoms with Gasteiger partial charge in [0, 0.05) is 24.9 Å². The molecule has 1 aromatic heterocycles. The van der Waals surface area contributed by atoms with Gasteiger partial charge in [-0.25, -0.2) is 22.4 Å². The Morgan fingerprint density at radius 3 is 2.33 bits per heavy atom. The van der Waals surface area contributed by atoms with Crippen molar-refractivity contribution in [2.24, 2.45) is 0 Å². The Bertz CT molecular complexity index is 1170. The first kappa shape index (κ1) is 18.4. The minimum Gasteiger partial charge on any atom is -0.477 e. The van der Waals surface area contributed by atoms with E-state index in [2.05, 4.69) is 5.32 Å². The predicted octanol–water partition coefficient (Wildman–Crippen LogP) is 3.60. The topological polar surface area (TPSA) is 71.3 Å². The fraction of sp³-hybridized carbons (Fsp3) is 0.111. The summed E-state index contributed by atoms with van der Waals surface area (Å²) in [5.41, 5.74) is -2.84. The molecule has 5 nitrogen and oxygen atoms in total. The maximum absolute atomic E-state index is 14.4. The van der Waals surface area contributed by atoms with Gasteiger partial charge < -0.3 is 15.0 Å². The molecule has 0 radical (unpaired) electrons. The third-order valence-electron chi connectivity index (χ3n) is 4.20. The van der Waals surface area contributed by atoms with E-state index in [1.165, 1.54) is 7.05 Å². The van der Waals surface area contributed by atoms with Crippen molar-refractivity contribution < 1.29 is 27.5 Å². The minimum absolute atomic E-state index is 0.115. The molecule has 140 valence electrons. The van der Waals surface area contributed by atoms with E-state index in [4.69, 9.17) is 0 Å². The molecular formula is C18H12F4N2O3. The van der Waals surface area contributed by atoms with Crippen LogP contribution < -0.4 is 10.7 Å². The van der Waals surface area contributed by atoms with Crippen LogP contribution in [0, 0.1) is 30.2 Å². The summed E-state index contributed by atoms with van der Waals surface area (Å²) in [4.78, 5) is 23.8. The highest BCUT2D eigenvalue weighted by atomic mass is 19.2. The normalized spacial score (nSPS) is 11.0. The van der Waals surface area contributed by atoms with E-state index in [9.17, 15) is 32.3 Å². The average Bonchev–Trinajstić information content (AvgIpc) is 2.61. The van der Waals surface area contributed by atoms with Crippen molar-refractivity contribution in [2.75, 3.05) is 12.4 Å². The summed E-state index contributed by atoms with van der Waals surface area (Å²) in [7, 11) is 1.38. The number of nitrogens with zero attached hydrogens (tertiary/aromatic N) is 1. The number of benzene rings is 2. The maximum atomic E-state index is 14.4. The van der Waals surface area contributed by atoms with Crippen LogP contribution in [-0.4, -0.2) is 22.7 Å². The molecule has 0 fully saturated rings. The van der Waals surface area contributed by atoms with Crippen molar-refractivity contribution in [1.29, 1.82) is 0 Å². The maximum Gasteiger partial charge on any atom is 0.341 e. The Kier molecular flexibility index (Phi) is 4.38. The number of carbonyl (C=O) groups is 1. The van der Waals surface area contributed by atoms with Crippen LogP contribution in [0.15, 0.2) is 29.2 Å². The Labute approximate surface area is 149 Å². The molecule has 0 atom stereocenters. The second-order valence-corrected chi connectivity index (χ2v) is 5.77. The molecule has 0 aliphatic rings. The molecule has 3 aromatic rings. The number of halogens is 4. The third kappa shape index (κ3) is 2.80. The molecule has 0 saturated carbocycles. The van der Waals surface area contributed by atoms with Gasteiger partial charge in [0.1, 0.15) is 17.2 Å². The molecule has 0 unspecified atom stereocenters.